The Labute approximate surface area is 242 Å². The maximum absolute atomic E-state index is 13.5. The highest BCUT2D eigenvalue weighted by Gasteiger charge is 2.28. The number of benzene rings is 2. The molecule has 2 aromatic heterocycles. The Morgan fingerprint density at radius 3 is 1.93 bits per heavy atom. The monoisotopic (exact) mass is 575 g/mol. The molecule has 3 atom stereocenters. The first-order valence-electron chi connectivity index (χ1n) is 13.9. The molecule has 12 heteroatoms. The summed E-state index contributed by atoms with van der Waals surface area (Å²) in [6.07, 6.45) is 5.46. The molecular weight excluding hydrogens is 538 g/mol. The molecule has 2 heterocycles. The van der Waals surface area contributed by atoms with Crippen LogP contribution in [0, 0.1) is 0 Å². The fourth-order valence-corrected chi connectivity index (χ4v) is 4.91. The lowest BCUT2D eigenvalue weighted by Gasteiger charge is -2.22. The molecular formula is C30H37N7O5. The van der Waals surface area contributed by atoms with Crippen LogP contribution >= 0.6 is 0 Å². The van der Waals surface area contributed by atoms with Crippen LogP contribution in [-0.4, -0.2) is 70.0 Å². The lowest BCUT2D eigenvalue weighted by atomic mass is 10.0. The number of aromatic amines is 2. The van der Waals surface area contributed by atoms with Gasteiger partial charge in [-0.1, -0.05) is 42.8 Å². The number of amides is 3. The van der Waals surface area contributed by atoms with Crippen molar-refractivity contribution in [1.82, 2.24) is 25.9 Å². The summed E-state index contributed by atoms with van der Waals surface area (Å²) in [4.78, 5) is 57.2. The summed E-state index contributed by atoms with van der Waals surface area (Å²) >= 11 is 0. The Morgan fingerprint density at radius 1 is 0.786 bits per heavy atom. The van der Waals surface area contributed by atoms with E-state index in [0.29, 0.717) is 19.4 Å². The van der Waals surface area contributed by atoms with Crippen molar-refractivity contribution in [3.63, 3.8) is 0 Å². The third kappa shape index (κ3) is 7.74. The summed E-state index contributed by atoms with van der Waals surface area (Å²) in [5.74, 6) is -2.96. The average Bonchev–Trinajstić information content (AvgIpc) is 3.59. The van der Waals surface area contributed by atoms with Crippen molar-refractivity contribution in [1.29, 1.82) is 0 Å². The molecule has 0 spiro atoms. The number of aliphatic carboxylic acids is 1. The number of hydrogen-bond acceptors (Lipinski definition) is 6. The maximum Gasteiger partial charge on any atom is 0.326 e. The third-order valence-electron chi connectivity index (χ3n) is 7.19. The minimum Gasteiger partial charge on any atom is -0.480 e. The summed E-state index contributed by atoms with van der Waals surface area (Å²) in [7, 11) is 0. The van der Waals surface area contributed by atoms with E-state index in [-0.39, 0.29) is 12.8 Å². The van der Waals surface area contributed by atoms with E-state index in [1.165, 1.54) is 0 Å². The number of fused-ring (bicyclic) bond motifs is 2. The number of H-pyrrole nitrogens is 2. The molecule has 0 bridgehead atoms. The molecule has 222 valence electrons. The number of aromatic nitrogens is 2. The van der Waals surface area contributed by atoms with Gasteiger partial charge in [0.25, 0.3) is 0 Å². The van der Waals surface area contributed by atoms with E-state index < -0.39 is 48.4 Å². The summed E-state index contributed by atoms with van der Waals surface area (Å²) < 4.78 is 0. The zero-order valence-corrected chi connectivity index (χ0v) is 23.2. The number of carbonyl (C=O) groups is 4. The Kier molecular flexibility index (Phi) is 10.3. The van der Waals surface area contributed by atoms with Gasteiger partial charge in [-0.05, 0) is 42.6 Å². The topological polar surface area (TPSA) is 208 Å². The molecule has 0 fully saturated rings. The van der Waals surface area contributed by atoms with Gasteiger partial charge in [-0.2, -0.15) is 0 Å². The van der Waals surface area contributed by atoms with Gasteiger partial charge in [0.05, 0.1) is 12.6 Å². The number of carboxylic acids is 1. The molecule has 2 aromatic carbocycles. The summed E-state index contributed by atoms with van der Waals surface area (Å²) in [5.41, 5.74) is 14.6. The van der Waals surface area contributed by atoms with Crippen LogP contribution in [0.15, 0.2) is 60.9 Å². The van der Waals surface area contributed by atoms with Crippen molar-refractivity contribution in [2.45, 2.75) is 50.2 Å². The fraction of sp³-hybridized carbons (Fsp3) is 0.333. The highest BCUT2D eigenvalue weighted by molar-refractivity contribution is 5.94. The largest absolute Gasteiger partial charge is 0.480 e. The second-order valence-corrected chi connectivity index (χ2v) is 10.3. The van der Waals surface area contributed by atoms with Crippen molar-refractivity contribution in [2.24, 2.45) is 11.5 Å². The smallest absolute Gasteiger partial charge is 0.326 e. The van der Waals surface area contributed by atoms with Crippen LogP contribution < -0.4 is 27.4 Å². The predicted octanol–water partition coefficient (Wildman–Crippen LogP) is 1.06. The lowest BCUT2D eigenvalue weighted by molar-refractivity contribution is -0.142. The molecule has 0 saturated carbocycles. The Bertz CT molecular complexity index is 1550. The Morgan fingerprint density at radius 2 is 1.36 bits per heavy atom. The molecule has 0 aliphatic rings. The highest BCUT2D eigenvalue weighted by Crippen LogP contribution is 2.21. The maximum atomic E-state index is 13.5. The van der Waals surface area contributed by atoms with E-state index in [2.05, 4.69) is 25.9 Å². The molecule has 0 aliphatic carbocycles. The fourth-order valence-electron chi connectivity index (χ4n) is 4.91. The number of nitrogens with one attached hydrogen (secondary N) is 5. The van der Waals surface area contributed by atoms with Gasteiger partial charge in [-0.15, -0.1) is 0 Å². The van der Waals surface area contributed by atoms with Crippen LogP contribution in [0.5, 0.6) is 0 Å². The van der Waals surface area contributed by atoms with E-state index in [1.807, 2.05) is 48.5 Å². The Hall–Kier alpha value is -4.68. The standard InChI is InChI=1S/C30H37N7O5/c31-12-6-5-9-22(32)28(39)35-17-27(38)36-25(13-18-15-33-23-10-3-1-7-20(18)23)29(40)37-26(30(41)42)14-19-16-34-24-11-4-2-8-21(19)24/h1-4,7-8,10-11,15-16,22,25-26,33-34H,5-6,9,12-14,17,31-32H2,(H,35,39)(H,36,38)(H,37,40)(H,41,42). The summed E-state index contributed by atoms with van der Waals surface area (Å²) in [6, 6.07) is 11.9. The van der Waals surface area contributed by atoms with E-state index in [9.17, 15) is 24.3 Å². The van der Waals surface area contributed by atoms with Gasteiger partial charge >= 0.3 is 5.97 Å². The van der Waals surface area contributed by atoms with Crippen LogP contribution in [0.2, 0.25) is 0 Å². The van der Waals surface area contributed by atoms with Gasteiger partial charge in [0, 0.05) is 47.0 Å². The normalized spacial score (nSPS) is 13.4. The minimum atomic E-state index is -1.25. The summed E-state index contributed by atoms with van der Waals surface area (Å²) in [5, 5.41) is 19.4. The third-order valence-corrected chi connectivity index (χ3v) is 7.19. The van der Waals surface area contributed by atoms with Crippen LogP contribution in [0.25, 0.3) is 21.8 Å². The first-order valence-corrected chi connectivity index (χ1v) is 13.9. The lowest BCUT2D eigenvalue weighted by Crippen LogP contribution is -2.54. The molecule has 3 amide bonds. The van der Waals surface area contributed by atoms with Gasteiger partial charge in [-0.25, -0.2) is 4.79 Å². The molecule has 0 saturated heterocycles. The zero-order valence-electron chi connectivity index (χ0n) is 23.2. The number of carbonyl (C=O) groups excluding carboxylic acids is 3. The second-order valence-electron chi connectivity index (χ2n) is 10.3. The van der Waals surface area contributed by atoms with Gasteiger partial charge in [0.1, 0.15) is 12.1 Å². The Balaban J connectivity index is 1.47. The molecule has 4 rings (SSSR count). The van der Waals surface area contributed by atoms with Crippen molar-refractivity contribution in [3.8, 4) is 0 Å². The van der Waals surface area contributed by atoms with Crippen molar-refractivity contribution >= 4 is 45.5 Å². The molecule has 4 aromatic rings. The number of rotatable bonds is 15. The van der Waals surface area contributed by atoms with Gasteiger partial charge in [-0.3, -0.25) is 14.4 Å². The first kappa shape index (κ1) is 30.3. The number of nitrogens with two attached hydrogens (primary N) is 2. The minimum absolute atomic E-state index is 0.0386. The van der Waals surface area contributed by atoms with Crippen LogP contribution in [0.1, 0.15) is 30.4 Å². The number of carboxylic acid groups (broad SMARTS) is 1. The number of para-hydroxylation sites is 2. The number of unbranched alkanes of at least 4 members (excludes halogenated alkanes) is 1. The molecule has 0 radical (unpaired) electrons. The van der Waals surface area contributed by atoms with Crippen molar-refractivity contribution < 1.29 is 24.3 Å². The molecule has 42 heavy (non-hydrogen) atoms. The van der Waals surface area contributed by atoms with E-state index in [0.717, 1.165) is 39.4 Å². The van der Waals surface area contributed by atoms with Crippen LogP contribution in [-0.2, 0) is 32.0 Å². The second kappa shape index (κ2) is 14.3. The molecule has 12 nitrogen and oxygen atoms in total. The number of hydrogen-bond donors (Lipinski definition) is 8. The quantitative estimate of drug-likeness (QED) is 0.0966. The average molecular weight is 576 g/mol. The van der Waals surface area contributed by atoms with Gasteiger partial charge in [0.2, 0.25) is 17.7 Å². The summed E-state index contributed by atoms with van der Waals surface area (Å²) in [6.45, 7) is 0.111. The highest BCUT2D eigenvalue weighted by atomic mass is 16.4. The van der Waals surface area contributed by atoms with E-state index in [4.69, 9.17) is 11.5 Å². The molecule has 10 N–H and O–H groups in total. The van der Waals surface area contributed by atoms with Crippen molar-refractivity contribution in [3.05, 3.63) is 72.1 Å². The van der Waals surface area contributed by atoms with Crippen LogP contribution in [0.3, 0.4) is 0 Å². The van der Waals surface area contributed by atoms with Crippen molar-refractivity contribution in [2.75, 3.05) is 13.1 Å². The van der Waals surface area contributed by atoms with E-state index in [1.54, 1.807) is 12.4 Å². The van der Waals surface area contributed by atoms with Gasteiger partial charge < -0.3 is 42.5 Å². The SMILES string of the molecule is NCCCCC(N)C(=O)NCC(=O)NC(Cc1c[nH]c2ccccc12)C(=O)NC(Cc1c[nH]c2ccccc12)C(=O)O. The molecule has 0 aliphatic heterocycles. The molecule has 3 unspecified atom stereocenters. The van der Waals surface area contributed by atoms with E-state index >= 15 is 0 Å². The van der Waals surface area contributed by atoms with Crippen LogP contribution in [0.4, 0.5) is 0 Å². The predicted molar refractivity (Wildman–Crippen MR) is 159 cm³/mol. The van der Waals surface area contributed by atoms with Gasteiger partial charge in [0.15, 0.2) is 0 Å². The zero-order chi connectivity index (χ0) is 30.1. The first-order chi connectivity index (χ1) is 20.3.